The highest BCUT2D eigenvalue weighted by atomic mass is 32.2. The first-order chi connectivity index (χ1) is 9.95. The maximum absolute atomic E-state index is 11.9. The van der Waals surface area contributed by atoms with E-state index in [1.54, 1.807) is 0 Å². The van der Waals surface area contributed by atoms with Crippen molar-refractivity contribution >= 4 is 16.0 Å². The van der Waals surface area contributed by atoms with Crippen molar-refractivity contribution in [3.05, 3.63) is 29.8 Å². The molecule has 0 saturated carbocycles. The molecular formula is C14H18N2O4S. The molecule has 0 aliphatic carbocycles. The summed E-state index contributed by atoms with van der Waals surface area (Å²) in [6.07, 6.45) is 2.97. The second-order valence-electron chi connectivity index (χ2n) is 4.59. The minimum Gasteiger partial charge on any atom is -0.481 e. The van der Waals surface area contributed by atoms with Gasteiger partial charge in [0.05, 0.1) is 16.5 Å². The van der Waals surface area contributed by atoms with Crippen molar-refractivity contribution < 1.29 is 18.3 Å². The normalized spacial score (nSPS) is 11.0. The minimum absolute atomic E-state index is 0.132. The van der Waals surface area contributed by atoms with E-state index in [0.717, 1.165) is 12.8 Å². The van der Waals surface area contributed by atoms with Crippen LogP contribution in [-0.4, -0.2) is 26.0 Å². The van der Waals surface area contributed by atoms with Crippen LogP contribution in [0.2, 0.25) is 0 Å². The van der Waals surface area contributed by atoms with Crippen LogP contribution in [-0.2, 0) is 14.8 Å². The van der Waals surface area contributed by atoms with E-state index in [2.05, 4.69) is 4.72 Å². The summed E-state index contributed by atoms with van der Waals surface area (Å²) in [7, 11) is -3.54. The first-order valence-electron chi connectivity index (χ1n) is 6.67. The lowest BCUT2D eigenvalue weighted by Gasteiger charge is -2.06. The number of carboxylic acid groups (broad SMARTS) is 1. The summed E-state index contributed by atoms with van der Waals surface area (Å²) in [5.41, 5.74) is 0.410. The Labute approximate surface area is 124 Å². The molecule has 7 heteroatoms. The molecule has 1 aromatic carbocycles. The predicted octanol–water partition coefficient (Wildman–Crippen LogP) is 1.87. The zero-order valence-corrected chi connectivity index (χ0v) is 12.4. The first kappa shape index (κ1) is 17.1. The number of hydrogen-bond acceptors (Lipinski definition) is 4. The van der Waals surface area contributed by atoms with Crippen LogP contribution in [0.4, 0.5) is 0 Å². The summed E-state index contributed by atoms with van der Waals surface area (Å²) >= 11 is 0. The average molecular weight is 310 g/mol. The van der Waals surface area contributed by atoms with Crippen LogP contribution in [0.3, 0.4) is 0 Å². The Morgan fingerprint density at radius 2 is 1.76 bits per heavy atom. The van der Waals surface area contributed by atoms with Gasteiger partial charge >= 0.3 is 5.97 Å². The smallest absolute Gasteiger partial charge is 0.303 e. The van der Waals surface area contributed by atoms with Crippen molar-refractivity contribution in [2.75, 3.05) is 6.54 Å². The molecule has 0 spiro atoms. The number of benzene rings is 1. The van der Waals surface area contributed by atoms with Gasteiger partial charge < -0.3 is 5.11 Å². The van der Waals surface area contributed by atoms with Crippen LogP contribution in [0.5, 0.6) is 0 Å². The van der Waals surface area contributed by atoms with E-state index in [0.29, 0.717) is 24.9 Å². The number of rotatable bonds is 9. The molecule has 1 rings (SSSR count). The van der Waals surface area contributed by atoms with Gasteiger partial charge in [0.1, 0.15) is 0 Å². The lowest BCUT2D eigenvalue weighted by molar-refractivity contribution is -0.137. The maximum Gasteiger partial charge on any atom is 0.303 e. The SMILES string of the molecule is N#Cc1ccc(S(=O)(=O)NCCCCCCC(=O)O)cc1. The molecular weight excluding hydrogens is 292 g/mol. The molecule has 0 aromatic heterocycles. The molecule has 0 amide bonds. The van der Waals surface area contributed by atoms with E-state index >= 15 is 0 Å². The Morgan fingerprint density at radius 1 is 1.14 bits per heavy atom. The van der Waals surface area contributed by atoms with E-state index in [9.17, 15) is 13.2 Å². The molecule has 1 aromatic rings. The van der Waals surface area contributed by atoms with Gasteiger partial charge in [-0.25, -0.2) is 13.1 Å². The number of nitriles is 1. The van der Waals surface area contributed by atoms with E-state index in [1.165, 1.54) is 24.3 Å². The number of nitrogens with one attached hydrogen (secondary N) is 1. The van der Waals surface area contributed by atoms with Gasteiger partial charge in [-0.3, -0.25) is 4.79 Å². The van der Waals surface area contributed by atoms with E-state index in [4.69, 9.17) is 10.4 Å². The molecule has 0 aliphatic rings. The fraction of sp³-hybridized carbons (Fsp3) is 0.429. The standard InChI is InChI=1S/C14H18N2O4S/c15-11-12-6-8-13(9-7-12)21(19,20)16-10-4-2-1-3-5-14(17)18/h6-9,16H,1-5,10H2,(H,17,18). The van der Waals surface area contributed by atoms with Crippen molar-refractivity contribution in [1.82, 2.24) is 4.72 Å². The van der Waals surface area contributed by atoms with Crippen molar-refractivity contribution in [1.29, 1.82) is 5.26 Å². The molecule has 0 heterocycles. The number of carbonyl (C=O) groups is 1. The number of sulfonamides is 1. The number of nitrogens with zero attached hydrogens (tertiary/aromatic N) is 1. The average Bonchev–Trinajstić information content (AvgIpc) is 2.46. The molecule has 0 bridgehead atoms. The maximum atomic E-state index is 11.9. The van der Waals surface area contributed by atoms with Crippen LogP contribution in [0, 0.1) is 11.3 Å². The summed E-state index contributed by atoms with van der Waals surface area (Å²) in [4.78, 5) is 10.4. The second-order valence-corrected chi connectivity index (χ2v) is 6.36. The molecule has 0 fully saturated rings. The molecule has 0 aliphatic heterocycles. The Kier molecular flexibility index (Phi) is 6.85. The highest BCUT2D eigenvalue weighted by molar-refractivity contribution is 7.89. The van der Waals surface area contributed by atoms with Crippen LogP contribution in [0.1, 0.15) is 37.7 Å². The third kappa shape index (κ3) is 6.38. The highest BCUT2D eigenvalue weighted by Gasteiger charge is 2.12. The molecule has 0 unspecified atom stereocenters. The zero-order valence-electron chi connectivity index (χ0n) is 11.6. The lowest BCUT2D eigenvalue weighted by Crippen LogP contribution is -2.24. The van der Waals surface area contributed by atoms with Gasteiger partial charge in [-0.2, -0.15) is 5.26 Å². The predicted molar refractivity (Wildman–Crippen MR) is 77.1 cm³/mol. The van der Waals surface area contributed by atoms with Crippen LogP contribution < -0.4 is 4.72 Å². The van der Waals surface area contributed by atoms with Gasteiger partial charge in [0.25, 0.3) is 0 Å². The van der Waals surface area contributed by atoms with Crippen molar-refractivity contribution in [3.63, 3.8) is 0 Å². The molecule has 0 saturated heterocycles. The summed E-state index contributed by atoms with van der Waals surface area (Å²) in [6, 6.07) is 7.64. The van der Waals surface area contributed by atoms with Crippen molar-refractivity contribution in [2.45, 2.75) is 37.0 Å². The Morgan fingerprint density at radius 3 is 2.33 bits per heavy atom. The molecule has 114 valence electrons. The van der Waals surface area contributed by atoms with E-state index in [1.807, 2.05) is 6.07 Å². The van der Waals surface area contributed by atoms with Gasteiger partial charge in [0, 0.05) is 13.0 Å². The van der Waals surface area contributed by atoms with Crippen LogP contribution in [0.15, 0.2) is 29.2 Å². The third-order valence-corrected chi connectivity index (χ3v) is 4.38. The number of hydrogen-bond donors (Lipinski definition) is 2. The quantitative estimate of drug-likeness (QED) is 0.677. The lowest BCUT2D eigenvalue weighted by atomic mass is 10.1. The molecule has 0 radical (unpaired) electrons. The van der Waals surface area contributed by atoms with Gasteiger partial charge in [-0.15, -0.1) is 0 Å². The first-order valence-corrected chi connectivity index (χ1v) is 8.15. The fourth-order valence-electron chi connectivity index (χ4n) is 1.75. The van der Waals surface area contributed by atoms with Gasteiger partial charge in [0.15, 0.2) is 0 Å². The van der Waals surface area contributed by atoms with Gasteiger partial charge in [0.2, 0.25) is 10.0 Å². The summed E-state index contributed by atoms with van der Waals surface area (Å²) in [5, 5.41) is 17.1. The monoisotopic (exact) mass is 310 g/mol. The van der Waals surface area contributed by atoms with Crippen molar-refractivity contribution in [3.8, 4) is 6.07 Å². The Balaban J connectivity index is 2.33. The van der Waals surface area contributed by atoms with Gasteiger partial charge in [-0.1, -0.05) is 12.8 Å². The topological polar surface area (TPSA) is 107 Å². The summed E-state index contributed by atoms with van der Waals surface area (Å²) in [5.74, 6) is -0.809. The van der Waals surface area contributed by atoms with Crippen LogP contribution in [0.25, 0.3) is 0 Å². The van der Waals surface area contributed by atoms with Gasteiger partial charge in [-0.05, 0) is 37.1 Å². The van der Waals surface area contributed by atoms with E-state index in [-0.39, 0.29) is 11.3 Å². The Bertz CT molecular complexity index is 603. The van der Waals surface area contributed by atoms with Crippen molar-refractivity contribution in [2.24, 2.45) is 0 Å². The molecule has 2 N–H and O–H groups in total. The molecule has 6 nitrogen and oxygen atoms in total. The summed E-state index contributed by atoms with van der Waals surface area (Å²) in [6.45, 7) is 0.315. The Hall–Kier alpha value is -1.91. The fourth-order valence-corrected chi connectivity index (χ4v) is 2.83. The third-order valence-electron chi connectivity index (χ3n) is 2.90. The number of carboxylic acids is 1. The molecule has 21 heavy (non-hydrogen) atoms. The largest absolute Gasteiger partial charge is 0.481 e. The number of aliphatic carboxylic acids is 1. The minimum atomic E-state index is -3.54. The number of unbranched alkanes of at least 4 members (excludes halogenated alkanes) is 3. The summed E-state index contributed by atoms with van der Waals surface area (Å²) < 4.78 is 26.4. The second kappa shape index (κ2) is 8.39. The molecule has 0 atom stereocenters. The van der Waals surface area contributed by atoms with Crippen LogP contribution >= 0.6 is 0 Å². The van der Waals surface area contributed by atoms with E-state index < -0.39 is 16.0 Å². The highest BCUT2D eigenvalue weighted by Crippen LogP contribution is 2.10. The zero-order chi connectivity index (χ0) is 15.7.